The van der Waals surface area contributed by atoms with Crippen LogP contribution in [-0.2, 0) is 33.4 Å². The third-order valence-electron chi connectivity index (χ3n) is 5.36. The Kier molecular flexibility index (Phi) is 7.10. The summed E-state index contributed by atoms with van der Waals surface area (Å²) in [5.41, 5.74) is 0. The summed E-state index contributed by atoms with van der Waals surface area (Å²) in [7, 11) is 0. The molecule has 2 heterocycles. The number of ketones is 1. The number of hydrogen-bond donors (Lipinski definition) is 0. The minimum atomic E-state index is -0.772. The summed E-state index contributed by atoms with van der Waals surface area (Å²) in [6.45, 7) is 5.49. The minimum absolute atomic E-state index is 0.0197. The average molecular weight is 381 g/mol. The number of rotatable bonds is 9. The number of hydrogen-bond acceptors (Lipinski definition) is 7. The molecule has 0 aromatic heterocycles. The first-order valence-electron chi connectivity index (χ1n) is 9.50. The molecule has 0 saturated carbocycles. The molecule has 150 valence electrons. The van der Waals surface area contributed by atoms with Crippen LogP contribution in [0.15, 0.2) is 0 Å². The van der Waals surface area contributed by atoms with E-state index in [1.165, 1.54) is 6.92 Å². The van der Waals surface area contributed by atoms with Crippen molar-refractivity contribution in [2.45, 2.75) is 58.9 Å². The van der Waals surface area contributed by atoms with Crippen LogP contribution < -0.4 is 0 Å². The highest BCUT2D eigenvalue weighted by Crippen LogP contribution is 2.38. The van der Waals surface area contributed by atoms with Crippen molar-refractivity contribution < 1.29 is 33.4 Å². The van der Waals surface area contributed by atoms with Crippen LogP contribution in [0.4, 0.5) is 0 Å². The second-order valence-electron chi connectivity index (χ2n) is 7.19. The van der Waals surface area contributed by atoms with Gasteiger partial charge in [0.05, 0.1) is 18.4 Å². The SMILES string of the molecule is CCC(COC(=O)CC(C)=O)C1C(=O)OC(=O)C1C(CC)N1CCCC1=O. The lowest BCUT2D eigenvalue weighted by Gasteiger charge is -2.34. The van der Waals surface area contributed by atoms with Crippen molar-refractivity contribution in [1.29, 1.82) is 0 Å². The van der Waals surface area contributed by atoms with E-state index in [-0.39, 0.29) is 24.7 Å². The number of likely N-dealkylation sites (tertiary alicyclic amines) is 1. The van der Waals surface area contributed by atoms with Crippen molar-refractivity contribution in [3.8, 4) is 0 Å². The highest BCUT2D eigenvalue weighted by molar-refractivity contribution is 5.97. The molecule has 0 radical (unpaired) electrons. The molecule has 2 aliphatic rings. The standard InChI is InChI=1S/C19H27NO7/c1-4-12(10-26-15(23)9-11(3)21)16-17(19(25)27-18(16)24)13(5-2)20-8-6-7-14(20)22/h12-13,16-17H,4-10H2,1-3H3. The quantitative estimate of drug-likeness (QED) is 0.437. The summed E-state index contributed by atoms with van der Waals surface area (Å²) in [6.07, 6.45) is 1.86. The van der Waals surface area contributed by atoms with Gasteiger partial charge in [-0.05, 0) is 26.2 Å². The van der Waals surface area contributed by atoms with Gasteiger partial charge in [-0.1, -0.05) is 13.8 Å². The number of carbonyl (C=O) groups is 5. The van der Waals surface area contributed by atoms with E-state index in [0.717, 1.165) is 6.42 Å². The maximum Gasteiger partial charge on any atom is 0.319 e. The van der Waals surface area contributed by atoms with Crippen LogP contribution in [0.3, 0.4) is 0 Å². The van der Waals surface area contributed by atoms with Crippen molar-refractivity contribution in [3.63, 3.8) is 0 Å². The average Bonchev–Trinajstić information content (AvgIpc) is 3.13. The Morgan fingerprint density at radius 1 is 1.15 bits per heavy atom. The van der Waals surface area contributed by atoms with Crippen molar-refractivity contribution in [3.05, 3.63) is 0 Å². The summed E-state index contributed by atoms with van der Waals surface area (Å²) < 4.78 is 10.1. The summed E-state index contributed by atoms with van der Waals surface area (Å²) in [5.74, 6) is -4.19. The van der Waals surface area contributed by atoms with Gasteiger partial charge in [0.15, 0.2) is 0 Å². The molecule has 4 unspecified atom stereocenters. The van der Waals surface area contributed by atoms with Crippen LogP contribution in [0, 0.1) is 17.8 Å². The minimum Gasteiger partial charge on any atom is -0.465 e. The predicted octanol–water partition coefficient (Wildman–Crippen LogP) is 1.25. The number of nitrogens with zero attached hydrogens (tertiary/aromatic N) is 1. The van der Waals surface area contributed by atoms with E-state index < -0.39 is 41.7 Å². The first-order valence-corrected chi connectivity index (χ1v) is 9.50. The van der Waals surface area contributed by atoms with Gasteiger partial charge in [-0.2, -0.15) is 0 Å². The fourth-order valence-electron chi connectivity index (χ4n) is 4.03. The molecule has 0 aliphatic carbocycles. The van der Waals surface area contributed by atoms with Crippen molar-refractivity contribution in [2.75, 3.05) is 13.2 Å². The fourth-order valence-corrected chi connectivity index (χ4v) is 4.03. The molecule has 0 aromatic carbocycles. The molecule has 2 aliphatic heterocycles. The predicted molar refractivity (Wildman–Crippen MR) is 93.1 cm³/mol. The molecule has 27 heavy (non-hydrogen) atoms. The van der Waals surface area contributed by atoms with Crippen LogP contribution in [0.2, 0.25) is 0 Å². The first-order chi connectivity index (χ1) is 12.8. The Hall–Kier alpha value is -2.25. The van der Waals surface area contributed by atoms with E-state index in [4.69, 9.17) is 9.47 Å². The lowest BCUT2D eigenvalue weighted by molar-refractivity contribution is -0.156. The van der Waals surface area contributed by atoms with Crippen molar-refractivity contribution >= 4 is 29.6 Å². The molecular formula is C19H27NO7. The number of cyclic esters (lactones) is 2. The molecule has 8 nitrogen and oxygen atoms in total. The van der Waals surface area contributed by atoms with Crippen LogP contribution in [0.5, 0.6) is 0 Å². The topological polar surface area (TPSA) is 107 Å². The third kappa shape index (κ3) is 4.73. The van der Waals surface area contributed by atoms with Gasteiger partial charge in [0.2, 0.25) is 5.91 Å². The number of carbonyl (C=O) groups excluding carboxylic acids is 5. The third-order valence-corrected chi connectivity index (χ3v) is 5.36. The number of ether oxygens (including phenoxy) is 2. The Balaban J connectivity index is 2.18. The summed E-state index contributed by atoms with van der Waals surface area (Å²) in [6, 6.07) is -0.411. The van der Waals surface area contributed by atoms with Gasteiger partial charge in [-0.25, -0.2) is 0 Å². The molecule has 2 saturated heterocycles. The van der Waals surface area contributed by atoms with Gasteiger partial charge in [0.1, 0.15) is 12.2 Å². The Morgan fingerprint density at radius 3 is 2.33 bits per heavy atom. The molecule has 8 heteroatoms. The van der Waals surface area contributed by atoms with E-state index in [0.29, 0.717) is 25.8 Å². The zero-order valence-corrected chi connectivity index (χ0v) is 16.1. The van der Waals surface area contributed by atoms with Crippen LogP contribution in [0.1, 0.15) is 52.9 Å². The van der Waals surface area contributed by atoms with Crippen molar-refractivity contribution in [2.24, 2.45) is 17.8 Å². The normalized spacial score (nSPS) is 24.7. The Bertz CT molecular complexity index is 630. The molecule has 0 N–H and O–H groups in total. The highest BCUT2D eigenvalue weighted by atomic mass is 16.6. The maximum atomic E-state index is 12.4. The molecule has 2 rings (SSSR count). The van der Waals surface area contributed by atoms with E-state index >= 15 is 0 Å². The Morgan fingerprint density at radius 2 is 1.81 bits per heavy atom. The number of amides is 1. The number of esters is 3. The fraction of sp³-hybridized carbons (Fsp3) is 0.737. The molecule has 2 fully saturated rings. The van der Waals surface area contributed by atoms with Gasteiger partial charge in [0, 0.05) is 24.9 Å². The summed E-state index contributed by atoms with van der Waals surface area (Å²) in [5, 5.41) is 0. The lowest BCUT2D eigenvalue weighted by Crippen LogP contribution is -2.47. The molecule has 0 aromatic rings. The summed E-state index contributed by atoms with van der Waals surface area (Å²) in [4.78, 5) is 61.4. The molecule has 0 spiro atoms. The second-order valence-corrected chi connectivity index (χ2v) is 7.19. The first kappa shape index (κ1) is 21.1. The van der Waals surface area contributed by atoms with E-state index in [1.807, 2.05) is 13.8 Å². The summed E-state index contributed by atoms with van der Waals surface area (Å²) >= 11 is 0. The highest BCUT2D eigenvalue weighted by Gasteiger charge is 2.53. The van der Waals surface area contributed by atoms with E-state index in [1.54, 1.807) is 4.90 Å². The van der Waals surface area contributed by atoms with Crippen molar-refractivity contribution in [1.82, 2.24) is 4.90 Å². The molecule has 4 atom stereocenters. The Labute approximate surface area is 158 Å². The zero-order valence-electron chi connectivity index (χ0n) is 16.1. The van der Waals surface area contributed by atoms with E-state index in [2.05, 4.69) is 0 Å². The molecular weight excluding hydrogens is 354 g/mol. The molecule has 1 amide bonds. The van der Waals surface area contributed by atoms with Crippen LogP contribution in [0.25, 0.3) is 0 Å². The van der Waals surface area contributed by atoms with Gasteiger partial charge in [-0.3, -0.25) is 24.0 Å². The molecule has 0 bridgehead atoms. The maximum absolute atomic E-state index is 12.4. The lowest BCUT2D eigenvalue weighted by atomic mass is 9.77. The van der Waals surface area contributed by atoms with Crippen LogP contribution in [-0.4, -0.2) is 53.7 Å². The smallest absolute Gasteiger partial charge is 0.319 e. The van der Waals surface area contributed by atoms with Gasteiger partial charge < -0.3 is 14.4 Å². The number of Topliss-reactive ketones (excluding diaryl/α,β-unsaturated/α-hetero) is 1. The van der Waals surface area contributed by atoms with Crippen LogP contribution >= 0.6 is 0 Å². The zero-order chi connectivity index (χ0) is 20.1. The van der Waals surface area contributed by atoms with Gasteiger partial charge in [-0.15, -0.1) is 0 Å². The van der Waals surface area contributed by atoms with Gasteiger partial charge in [0.25, 0.3) is 0 Å². The monoisotopic (exact) mass is 381 g/mol. The van der Waals surface area contributed by atoms with Gasteiger partial charge >= 0.3 is 17.9 Å². The van der Waals surface area contributed by atoms with E-state index in [9.17, 15) is 24.0 Å². The second kappa shape index (κ2) is 9.10. The largest absolute Gasteiger partial charge is 0.465 e.